The van der Waals surface area contributed by atoms with Crippen molar-refractivity contribution in [1.29, 1.82) is 0 Å². The van der Waals surface area contributed by atoms with Gasteiger partial charge in [0.15, 0.2) is 0 Å². The minimum atomic E-state index is -1.35. The monoisotopic (exact) mass is 758 g/mol. The Kier molecular flexibility index (Phi) is 13.3. The summed E-state index contributed by atoms with van der Waals surface area (Å²) in [6.07, 6.45) is 4.77. The second-order valence-corrected chi connectivity index (χ2v) is 11.5. The minimum absolute atomic E-state index is 0.0218. The van der Waals surface area contributed by atoms with Crippen LogP contribution in [0, 0.1) is 15.4 Å². The van der Waals surface area contributed by atoms with Crippen molar-refractivity contribution in [3.05, 3.63) is 135 Å². The number of ether oxygens (including phenoxy) is 4. The Morgan fingerprint density at radius 2 is 1.23 bits per heavy atom. The molecule has 48 heavy (non-hydrogen) atoms. The minimum Gasteiger partial charge on any atom is -0.494 e. The number of aromatic carboxylic acids is 1. The highest BCUT2D eigenvalue weighted by atomic mass is 127. The number of rotatable bonds is 14. The molecule has 0 amide bonds. The molecule has 0 spiro atoms. The van der Waals surface area contributed by atoms with E-state index >= 15 is 0 Å². The maximum Gasteiger partial charge on any atom is 0.343 e. The third-order valence-corrected chi connectivity index (χ3v) is 7.44. The lowest BCUT2D eigenvalue weighted by molar-refractivity contribution is -0.137. The number of hydrogen-bond donors (Lipinski definition) is 1. The molecule has 4 aromatic rings. The normalized spacial score (nSPS) is 10.2. The highest BCUT2D eigenvalue weighted by Crippen LogP contribution is 2.26. The summed E-state index contributed by atoms with van der Waals surface area (Å²) >= 11 is 2.10. The molecule has 0 aliphatic heterocycles. The van der Waals surface area contributed by atoms with E-state index in [0.717, 1.165) is 52.7 Å². The molecule has 9 nitrogen and oxygen atoms in total. The first-order chi connectivity index (χ1) is 23.2. The molecule has 0 fully saturated rings. The predicted octanol–water partition coefficient (Wildman–Crippen LogP) is 7.50. The van der Waals surface area contributed by atoms with E-state index in [1.165, 1.54) is 12.1 Å². The summed E-state index contributed by atoms with van der Waals surface area (Å²) in [5, 5.41) is 9.67. The first kappa shape index (κ1) is 35.4. The maximum absolute atomic E-state index is 12.8. The Hall–Kier alpha value is -5.41. The van der Waals surface area contributed by atoms with E-state index in [4.69, 9.17) is 18.9 Å². The van der Waals surface area contributed by atoms with Crippen molar-refractivity contribution < 1.29 is 43.2 Å². The van der Waals surface area contributed by atoms with Crippen LogP contribution < -0.4 is 14.2 Å². The zero-order valence-electron chi connectivity index (χ0n) is 25.8. The highest BCUT2D eigenvalue weighted by molar-refractivity contribution is 14.1. The second-order valence-electron chi connectivity index (χ2n) is 10.2. The third kappa shape index (κ3) is 11.1. The lowest BCUT2D eigenvalue weighted by Crippen LogP contribution is -2.13. The smallest absolute Gasteiger partial charge is 0.343 e. The van der Waals surface area contributed by atoms with Gasteiger partial charge in [-0.2, -0.15) is 0 Å². The molecule has 0 aromatic heterocycles. The van der Waals surface area contributed by atoms with Crippen LogP contribution in [0.3, 0.4) is 0 Å². The van der Waals surface area contributed by atoms with Crippen molar-refractivity contribution in [1.82, 2.24) is 0 Å². The highest BCUT2D eigenvalue weighted by Gasteiger charge is 2.19. The molecule has 0 unspecified atom stereocenters. The van der Waals surface area contributed by atoms with Gasteiger partial charge in [0.25, 0.3) is 0 Å². The summed E-state index contributed by atoms with van der Waals surface area (Å²) in [6.45, 7) is 4.35. The summed E-state index contributed by atoms with van der Waals surface area (Å²) in [5.74, 6) is 3.52. The molecule has 0 saturated carbocycles. The number of carbonyl (C=O) groups excluding carboxylic acids is 3. The molecular formula is C38H31IO9. The summed E-state index contributed by atoms with van der Waals surface area (Å²) in [5.41, 5.74) is 1.65. The number of benzene rings is 4. The zero-order chi connectivity index (χ0) is 34.3. The Bertz CT molecular complexity index is 1820. The summed E-state index contributed by atoms with van der Waals surface area (Å²) in [6, 6.07) is 24.3. The molecule has 0 heterocycles. The molecule has 4 aromatic carbocycles. The standard InChI is InChI=1S/C38H31IO9/c1-2-35(40)46-24-6-4-3-5-23-45-31-19-11-27(12-20-31)8-7-26-9-13-28(14-10-26)37(43)47-32-21-22-34(33(25-32)36(41)42)48-38(44)29-15-17-30(39)18-16-29/h2,9-22,25H,1,3-6,23-24H2,(H,41,42). The molecule has 244 valence electrons. The first-order valence-electron chi connectivity index (χ1n) is 14.9. The fourth-order valence-corrected chi connectivity index (χ4v) is 4.55. The van der Waals surface area contributed by atoms with Crippen molar-refractivity contribution in [2.45, 2.75) is 25.7 Å². The van der Waals surface area contributed by atoms with E-state index in [9.17, 15) is 24.3 Å². The van der Waals surface area contributed by atoms with Crippen molar-refractivity contribution >= 4 is 46.5 Å². The number of carboxylic acids is 1. The Labute approximate surface area is 291 Å². The predicted molar refractivity (Wildman–Crippen MR) is 186 cm³/mol. The fraction of sp³-hybridized carbons (Fsp3) is 0.158. The third-order valence-electron chi connectivity index (χ3n) is 6.72. The van der Waals surface area contributed by atoms with E-state index in [1.54, 1.807) is 48.5 Å². The van der Waals surface area contributed by atoms with Gasteiger partial charge in [0.05, 0.1) is 24.3 Å². The summed E-state index contributed by atoms with van der Waals surface area (Å²) < 4.78 is 22.3. The van der Waals surface area contributed by atoms with E-state index in [1.807, 2.05) is 24.3 Å². The maximum atomic E-state index is 12.8. The Morgan fingerprint density at radius 1 is 0.688 bits per heavy atom. The van der Waals surface area contributed by atoms with Gasteiger partial charge in [-0.15, -0.1) is 0 Å². The molecule has 0 atom stereocenters. The molecule has 0 radical (unpaired) electrons. The molecule has 10 heteroatoms. The lowest BCUT2D eigenvalue weighted by atomic mass is 10.1. The Morgan fingerprint density at radius 3 is 1.83 bits per heavy atom. The zero-order valence-corrected chi connectivity index (χ0v) is 27.9. The van der Waals surface area contributed by atoms with Crippen LogP contribution in [0.1, 0.15) is 67.9 Å². The van der Waals surface area contributed by atoms with Crippen molar-refractivity contribution in [2.24, 2.45) is 0 Å². The topological polar surface area (TPSA) is 125 Å². The molecule has 0 saturated heterocycles. The molecule has 1 N–H and O–H groups in total. The lowest BCUT2D eigenvalue weighted by Gasteiger charge is -2.10. The fourth-order valence-electron chi connectivity index (χ4n) is 4.19. The molecule has 0 bridgehead atoms. The van der Waals surface area contributed by atoms with Crippen LogP contribution in [0.5, 0.6) is 17.2 Å². The van der Waals surface area contributed by atoms with Crippen LogP contribution in [0.25, 0.3) is 0 Å². The van der Waals surface area contributed by atoms with Gasteiger partial charge in [-0.1, -0.05) is 18.4 Å². The van der Waals surface area contributed by atoms with E-state index in [-0.39, 0.29) is 28.2 Å². The number of hydrogen-bond acceptors (Lipinski definition) is 8. The average Bonchev–Trinajstić information content (AvgIpc) is 3.09. The quantitative estimate of drug-likeness (QED) is 0.0348. The van der Waals surface area contributed by atoms with Gasteiger partial charge in [-0.3, -0.25) is 0 Å². The van der Waals surface area contributed by atoms with Crippen LogP contribution in [-0.2, 0) is 9.53 Å². The van der Waals surface area contributed by atoms with Crippen LogP contribution >= 0.6 is 22.6 Å². The van der Waals surface area contributed by atoms with Crippen molar-refractivity contribution in [3.63, 3.8) is 0 Å². The number of carbonyl (C=O) groups is 4. The first-order valence-corrected chi connectivity index (χ1v) is 16.0. The summed E-state index contributed by atoms with van der Waals surface area (Å²) in [7, 11) is 0. The molecular weight excluding hydrogens is 727 g/mol. The van der Waals surface area contributed by atoms with Crippen LogP contribution in [0.2, 0.25) is 0 Å². The van der Waals surface area contributed by atoms with Gasteiger partial charge >= 0.3 is 23.9 Å². The van der Waals surface area contributed by atoms with Crippen molar-refractivity contribution in [3.8, 4) is 29.1 Å². The summed E-state index contributed by atoms with van der Waals surface area (Å²) in [4.78, 5) is 48.1. The number of esters is 3. The Balaban J connectivity index is 1.26. The van der Waals surface area contributed by atoms with E-state index < -0.39 is 23.9 Å². The van der Waals surface area contributed by atoms with Gasteiger partial charge < -0.3 is 24.1 Å². The number of carboxylic acid groups (broad SMARTS) is 1. The van der Waals surface area contributed by atoms with Gasteiger partial charge in [0.2, 0.25) is 0 Å². The largest absolute Gasteiger partial charge is 0.494 e. The molecule has 0 aliphatic rings. The van der Waals surface area contributed by atoms with E-state index in [0.29, 0.717) is 18.8 Å². The van der Waals surface area contributed by atoms with Crippen LogP contribution in [-0.4, -0.2) is 42.2 Å². The molecule has 4 rings (SSSR count). The average molecular weight is 759 g/mol. The van der Waals surface area contributed by atoms with Gasteiger partial charge in [0.1, 0.15) is 22.8 Å². The van der Waals surface area contributed by atoms with Gasteiger partial charge in [-0.05, 0) is 139 Å². The second kappa shape index (κ2) is 18.1. The van der Waals surface area contributed by atoms with E-state index in [2.05, 4.69) is 41.0 Å². The van der Waals surface area contributed by atoms with Gasteiger partial charge in [0, 0.05) is 20.8 Å². The van der Waals surface area contributed by atoms with Gasteiger partial charge in [-0.25, -0.2) is 19.2 Å². The SMILES string of the molecule is C=CC(=O)OCCCCCCOc1ccc(C#Cc2ccc(C(=O)Oc3ccc(OC(=O)c4ccc(I)cc4)c(C(=O)O)c3)cc2)cc1. The number of unbranched alkanes of at least 4 members (excludes halogenated alkanes) is 3. The van der Waals surface area contributed by atoms with Crippen LogP contribution in [0.15, 0.2) is 104 Å². The van der Waals surface area contributed by atoms with Crippen LogP contribution in [0.4, 0.5) is 0 Å². The molecule has 0 aliphatic carbocycles. The number of halogens is 1. The van der Waals surface area contributed by atoms with Crippen molar-refractivity contribution in [2.75, 3.05) is 13.2 Å².